The second-order valence-corrected chi connectivity index (χ2v) is 5.52. The van der Waals surface area contributed by atoms with Gasteiger partial charge >= 0.3 is 5.97 Å². The van der Waals surface area contributed by atoms with Gasteiger partial charge in [0.25, 0.3) is 0 Å². The third-order valence-electron chi connectivity index (χ3n) is 3.13. The topological polar surface area (TPSA) is 69.9 Å². The van der Waals surface area contributed by atoms with Crippen molar-refractivity contribution < 1.29 is 9.53 Å². The fourth-order valence-corrected chi connectivity index (χ4v) is 2.87. The Morgan fingerprint density at radius 2 is 2.25 bits per heavy atom. The maximum absolute atomic E-state index is 11.7. The van der Waals surface area contributed by atoms with Gasteiger partial charge in [-0.05, 0) is 34.9 Å². The molecule has 7 heteroatoms. The Kier molecular flexibility index (Phi) is 3.68. The number of hydrogen-bond acceptors (Lipinski definition) is 6. The predicted molar refractivity (Wildman–Crippen MR) is 73.4 cm³/mol. The number of aromatic nitrogens is 4. The van der Waals surface area contributed by atoms with Crippen LogP contribution in [0.1, 0.15) is 34.8 Å². The summed E-state index contributed by atoms with van der Waals surface area (Å²) in [5.41, 5.74) is 1.52. The monoisotopic (exact) mass is 290 g/mol. The number of hydrogen-bond donors (Lipinski definition) is 0. The first kappa shape index (κ1) is 13.1. The van der Waals surface area contributed by atoms with Crippen LogP contribution in [0.3, 0.4) is 0 Å². The van der Waals surface area contributed by atoms with E-state index in [0.29, 0.717) is 17.4 Å². The number of thioether (sulfide) groups is 1. The van der Waals surface area contributed by atoms with E-state index in [-0.39, 0.29) is 5.97 Å². The minimum atomic E-state index is -0.317. The maximum Gasteiger partial charge on any atom is 0.338 e. The summed E-state index contributed by atoms with van der Waals surface area (Å²) in [6, 6.07) is 7.88. The number of nitrogens with zero attached hydrogens (tertiary/aromatic N) is 4. The van der Waals surface area contributed by atoms with Crippen molar-refractivity contribution >= 4 is 17.7 Å². The van der Waals surface area contributed by atoms with Gasteiger partial charge in [0.15, 0.2) is 0 Å². The van der Waals surface area contributed by atoms with Crippen molar-refractivity contribution in [1.29, 1.82) is 0 Å². The minimum Gasteiger partial charge on any atom is -0.465 e. The van der Waals surface area contributed by atoms with Crippen LogP contribution in [0, 0.1) is 0 Å². The van der Waals surface area contributed by atoms with E-state index >= 15 is 0 Å². The molecule has 0 unspecified atom stereocenters. The van der Waals surface area contributed by atoms with E-state index in [0.717, 1.165) is 23.6 Å². The summed E-state index contributed by atoms with van der Waals surface area (Å²) < 4.78 is 6.66. The molecule has 6 nitrogen and oxygen atoms in total. The highest BCUT2D eigenvalue weighted by atomic mass is 32.2. The van der Waals surface area contributed by atoms with Crippen LogP contribution in [0.25, 0.3) is 0 Å². The average molecular weight is 290 g/mol. The number of esters is 1. The van der Waals surface area contributed by atoms with Gasteiger partial charge in [0.05, 0.1) is 18.7 Å². The van der Waals surface area contributed by atoms with Gasteiger partial charge < -0.3 is 4.74 Å². The Hall–Kier alpha value is -1.89. The SMILES string of the molecule is COC(=O)c1ccccc1CSc1nnnn1C1CC1. The summed E-state index contributed by atoms with van der Waals surface area (Å²) in [6.07, 6.45) is 2.27. The van der Waals surface area contributed by atoms with E-state index in [1.165, 1.54) is 18.9 Å². The number of tetrazole rings is 1. The van der Waals surface area contributed by atoms with Crippen molar-refractivity contribution in [2.24, 2.45) is 0 Å². The molecule has 0 radical (unpaired) electrons. The Labute approximate surface area is 120 Å². The zero-order valence-electron chi connectivity index (χ0n) is 11.0. The number of ether oxygens (including phenoxy) is 1. The highest BCUT2D eigenvalue weighted by Gasteiger charge is 2.28. The van der Waals surface area contributed by atoms with Crippen molar-refractivity contribution in [3.8, 4) is 0 Å². The molecule has 1 aromatic heterocycles. The average Bonchev–Trinajstić information content (AvgIpc) is 3.23. The highest BCUT2D eigenvalue weighted by molar-refractivity contribution is 7.98. The molecule has 0 atom stereocenters. The first-order chi connectivity index (χ1) is 9.79. The lowest BCUT2D eigenvalue weighted by Crippen LogP contribution is -2.05. The van der Waals surface area contributed by atoms with E-state index < -0.39 is 0 Å². The van der Waals surface area contributed by atoms with E-state index in [4.69, 9.17) is 4.74 Å². The molecule has 1 aliphatic carbocycles. The van der Waals surface area contributed by atoms with Gasteiger partial charge in [-0.25, -0.2) is 9.48 Å². The summed E-state index contributed by atoms with van der Waals surface area (Å²) in [4.78, 5) is 11.7. The molecular weight excluding hydrogens is 276 g/mol. The van der Waals surface area contributed by atoms with Crippen LogP contribution < -0.4 is 0 Å². The fraction of sp³-hybridized carbons (Fsp3) is 0.385. The maximum atomic E-state index is 11.7. The number of carbonyl (C=O) groups excluding carboxylic acids is 1. The summed E-state index contributed by atoms with van der Waals surface area (Å²) in [5.74, 6) is 0.321. The zero-order valence-corrected chi connectivity index (χ0v) is 11.8. The van der Waals surface area contributed by atoms with E-state index in [2.05, 4.69) is 15.5 Å². The molecular formula is C13H14N4O2S. The lowest BCUT2D eigenvalue weighted by atomic mass is 10.1. The summed E-state index contributed by atoms with van der Waals surface area (Å²) in [7, 11) is 1.39. The van der Waals surface area contributed by atoms with Crippen LogP contribution in [0.4, 0.5) is 0 Å². The van der Waals surface area contributed by atoms with Gasteiger partial charge in [0, 0.05) is 5.75 Å². The van der Waals surface area contributed by atoms with Crippen LogP contribution in [-0.4, -0.2) is 33.3 Å². The minimum absolute atomic E-state index is 0.317. The lowest BCUT2D eigenvalue weighted by Gasteiger charge is -2.07. The Morgan fingerprint density at radius 1 is 1.45 bits per heavy atom. The molecule has 1 fully saturated rings. The summed E-state index contributed by atoms with van der Waals surface area (Å²) in [6.45, 7) is 0. The third-order valence-corrected chi connectivity index (χ3v) is 4.12. The van der Waals surface area contributed by atoms with Crippen molar-refractivity contribution in [1.82, 2.24) is 20.2 Å². The quantitative estimate of drug-likeness (QED) is 0.620. The third kappa shape index (κ3) is 2.67. The first-order valence-electron chi connectivity index (χ1n) is 6.36. The fourth-order valence-electron chi connectivity index (χ4n) is 1.93. The van der Waals surface area contributed by atoms with Gasteiger partial charge in [0.2, 0.25) is 5.16 Å². The molecule has 0 saturated heterocycles. The van der Waals surface area contributed by atoms with E-state index in [9.17, 15) is 4.79 Å². The number of benzene rings is 1. The molecule has 0 spiro atoms. The Balaban J connectivity index is 1.75. The van der Waals surface area contributed by atoms with Crippen molar-refractivity contribution in [2.75, 3.05) is 7.11 Å². The molecule has 1 aliphatic rings. The molecule has 0 amide bonds. The molecule has 0 bridgehead atoms. The van der Waals surface area contributed by atoms with Crippen LogP contribution in [0.15, 0.2) is 29.4 Å². The van der Waals surface area contributed by atoms with Gasteiger partial charge in [-0.2, -0.15) is 0 Å². The zero-order chi connectivity index (χ0) is 13.9. The first-order valence-corrected chi connectivity index (χ1v) is 7.35. The molecule has 1 heterocycles. The molecule has 1 aromatic carbocycles. The molecule has 20 heavy (non-hydrogen) atoms. The van der Waals surface area contributed by atoms with Crippen molar-refractivity contribution in [3.63, 3.8) is 0 Å². The summed E-state index contributed by atoms with van der Waals surface area (Å²) in [5, 5.41) is 12.6. The van der Waals surface area contributed by atoms with Gasteiger partial charge in [-0.15, -0.1) is 5.10 Å². The lowest BCUT2D eigenvalue weighted by molar-refractivity contribution is 0.0600. The smallest absolute Gasteiger partial charge is 0.338 e. The van der Waals surface area contributed by atoms with E-state index in [1.807, 2.05) is 22.9 Å². The number of carbonyl (C=O) groups is 1. The van der Waals surface area contributed by atoms with Crippen LogP contribution in [-0.2, 0) is 10.5 Å². The Bertz CT molecular complexity index is 624. The Morgan fingerprint density at radius 3 is 3.00 bits per heavy atom. The molecule has 0 N–H and O–H groups in total. The molecule has 104 valence electrons. The normalized spacial score (nSPS) is 14.2. The highest BCUT2D eigenvalue weighted by Crippen LogP contribution is 2.37. The second kappa shape index (κ2) is 5.62. The second-order valence-electron chi connectivity index (χ2n) is 4.57. The van der Waals surface area contributed by atoms with Gasteiger partial charge in [0.1, 0.15) is 0 Å². The largest absolute Gasteiger partial charge is 0.465 e. The number of methoxy groups -OCH3 is 1. The van der Waals surface area contributed by atoms with Crippen molar-refractivity contribution in [2.45, 2.75) is 29.8 Å². The summed E-state index contributed by atoms with van der Waals surface area (Å²) >= 11 is 1.54. The van der Waals surface area contributed by atoms with Gasteiger partial charge in [-0.3, -0.25) is 0 Å². The number of rotatable bonds is 5. The standard InChI is InChI=1S/C13H14N4O2S/c1-19-12(18)11-5-3-2-4-9(11)8-20-13-14-15-16-17(13)10-6-7-10/h2-5,10H,6-8H2,1H3. The van der Waals surface area contributed by atoms with Crippen LogP contribution in [0.2, 0.25) is 0 Å². The van der Waals surface area contributed by atoms with Crippen LogP contribution in [0.5, 0.6) is 0 Å². The molecule has 1 saturated carbocycles. The molecule has 2 aromatic rings. The van der Waals surface area contributed by atoms with Gasteiger partial charge in [-0.1, -0.05) is 30.0 Å². The molecule has 0 aliphatic heterocycles. The predicted octanol–water partition coefficient (Wildman–Crippen LogP) is 2.09. The van der Waals surface area contributed by atoms with Crippen molar-refractivity contribution in [3.05, 3.63) is 35.4 Å². The van der Waals surface area contributed by atoms with E-state index in [1.54, 1.807) is 6.07 Å². The van der Waals surface area contributed by atoms with Crippen LogP contribution >= 0.6 is 11.8 Å². The molecule has 3 rings (SSSR count).